The number of nitrogens with zero attached hydrogens (tertiary/aromatic N) is 4. The Morgan fingerprint density at radius 3 is 2.67 bits per heavy atom. The van der Waals surface area contributed by atoms with Crippen LogP contribution in [-0.2, 0) is 6.54 Å². The highest BCUT2D eigenvalue weighted by atomic mass is 16.5. The molecule has 0 spiro atoms. The maximum atomic E-state index is 13.6. The van der Waals surface area contributed by atoms with Crippen molar-refractivity contribution < 1.29 is 14.6 Å². The molecule has 0 saturated heterocycles. The lowest BCUT2D eigenvalue weighted by molar-refractivity contribution is 0.0325. The molecule has 0 unspecified atom stereocenters. The number of aliphatic hydroxyl groups is 1. The first-order chi connectivity index (χ1) is 17.4. The Morgan fingerprint density at radius 2 is 1.94 bits per heavy atom. The first-order valence-corrected chi connectivity index (χ1v) is 12.2. The van der Waals surface area contributed by atoms with Crippen molar-refractivity contribution in [3.63, 3.8) is 0 Å². The number of fused-ring (bicyclic) bond motifs is 1. The van der Waals surface area contributed by atoms with E-state index in [0.717, 1.165) is 6.54 Å². The molecule has 36 heavy (non-hydrogen) atoms. The standard InChI is InChI=1S/C29H32N4O3/c1-21-17-33(22(2)20-34)29(35)26-15-24(12-13-25-11-7-8-14-30-25)16-31-28(26)36-27(21)19-32(3)18-23-9-5-4-6-10-23/h4-11,14-16,21-22,27,34H,17-20H2,1-3H3/t21-,22+,27-/m0/s1. The number of pyridine rings is 2. The number of carbonyl (C=O) groups excluding carboxylic acids is 1. The highest BCUT2D eigenvalue weighted by Crippen LogP contribution is 2.27. The van der Waals surface area contributed by atoms with Gasteiger partial charge in [-0.05, 0) is 43.7 Å². The van der Waals surface area contributed by atoms with Gasteiger partial charge in [0, 0.05) is 43.5 Å². The minimum Gasteiger partial charge on any atom is -0.472 e. The summed E-state index contributed by atoms with van der Waals surface area (Å²) < 4.78 is 6.38. The molecule has 0 bridgehead atoms. The topological polar surface area (TPSA) is 78.8 Å². The summed E-state index contributed by atoms with van der Waals surface area (Å²) in [6.07, 6.45) is 3.11. The van der Waals surface area contributed by atoms with E-state index < -0.39 is 0 Å². The first kappa shape index (κ1) is 25.4. The second kappa shape index (κ2) is 11.8. The molecule has 1 N–H and O–H groups in total. The van der Waals surface area contributed by atoms with E-state index >= 15 is 0 Å². The second-order valence-electron chi connectivity index (χ2n) is 9.35. The van der Waals surface area contributed by atoms with Crippen molar-refractivity contribution in [2.24, 2.45) is 5.92 Å². The monoisotopic (exact) mass is 484 g/mol. The molecule has 1 aliphatic rings. The normalized spacial score (nSPS) is 18.4. The van der Waals surface area contributed by atoms with Crippen molar-refractivity contribution in [2.75, 3.05) is 26.7 Å². The molecule has 0 aliphatic carbocycles. The average molecular weight is 485 g/mol. The van der Waals surface area contributed by atoms with E-state index in [1.54, 1.807) is 23.4 Å². The van der Waals surface area contributed by atoms with Gasteiger partial charge in [0.15, 0.2) is 0 Å². The van der Waals surface area contributed by atoms with Gasteiger partial charge in [-0.25, -0.2) is 9.97 Å². The van der Waals surface area contributed by atoms with Gasteiger partial charge in [0.25, 0.3) is 5.91 Å². The lowest BCUT2D eigenvalue weighted by Gasteiger charge is -2.37. The van der Waals surface area contributed by atoms with Gasteiger partial charge in [0.05, 0.1) is 12.6 Å². The third-order valence-corrected chi connectivity index (χ3v) is 6.31. The maximum Gasteiger partial charge on any atom is 0.259 e. The third kappa shape index (κ3) is 6.28. The summed E-state index contributed by atoms with van der Waals surface area (Å²) in [5, 5.41) is 9.86. The van der Waals surface area contributed by atoms with E-state index in [4.69, 9.17) is 4.74 Å². The lowest BCUT2D eigenvalue weighted by Crippen LogP contribution is -2.49. The van der Waals surface area contributed by atoms with Crippen molar-refractivity contribution >= 4 is 5.91 Å². The Morgan fingerprint density at radius 1 is 1.17 bits per heavy atom. The fourth-order valence-electron chi connectivity index (χ4n) is 4.23. The fourth-order valence-corrected chi connectivity index (χ4v) is 4.23. The molecule has 2 aromatic heterocycles. The molecule has 3 aromatic rings. The number of amides is 1. The van der Waals surface area contributed by atoms with Crippen molar-refractivity contribution in [2.45, 2.75) is 32.5 Å². The van der Waals surface area contributed by atoms with E-state index in [0.29, 0.717) is 35.8 Å². The quantitative estimate of drug-likeness (QED) is 0.542. The van der Waals surface area contributed by atoms with Crippen LogP contribution in [0.1, 0.15) is 41.0 Å². The van der Waals surface area contributed by atoms with Crippen molar-refractivity contribution in [3.8, 4) is 17.7 Å². The summed E-state index contributed by atoms with van der Waals surface area (Å²) >= 11 is 0. The first-order valence-electron chi connectivity index (χ1n) is 12.2. The Balaban J connectivity index is 1.63. The SMILES string of the molecule is C[C@H](CO)N1C[C@H](C)[C@H](CN(C)Cc2ccccc2)Oc2ncc(C#Cc3ccccn3)cc2C1=O. The molecular weight excluding hydrogens is 452 g/mol. The van der Waals surface area contributed by atoms with Crippen LogP contribution in [0.5, 0.6) is 5.88 Å². The van der Waals surface area contributed by atoms with Crippen LogP contribution in [0.2, 0.25) is 0 Å². The van der Waals surface area contributed by atoms with Crippen LogP contribution in [0.4, 0.5) is 0 Å². The third-order valence-electron chi connectivity index (χ3n) is 6.31. The number of aromatic nitrogens is 2. The molecule has 1 aromatic carbocycles. The molecular formula is C29H32N4O3. The van der Waals surface area contributed by atoms with Crippen molar-refractivity contribution in [3.05, 3.63) is 89.4 Å². The van der Waals surface area contributed by atoms with Gasteiger partial charge in [-0.2, -0.15) is 0 Å². The van der Waals surface area contributed by atoms with Crippen molar-refractivity contribution in [1.29, 1.82) is 0 Å². The summed E-state index contributed by atoms with van der Waals surface area (Å²) in [6.45, 7) is 5.71. The van der Waals surface area contributed by atoms with Gasteiger partial charge in [-0.3, -0.25) is 9.69 Å². The van der Waals surface area contributed by atoms with Gasteiger partial charge >= 0.3 is 0 Å². The highest BCUT2D eigenvalue weighted by molar-refractivity contribution is 5.97. The van der Waals surface area contributed by atoms with Gasteiger partial charge in [0.2, 0.25) is 5.88 Å². The van der Waals surface area contributed by atoms with Gasteiger partial charge < -0.3 is 14.7 Å². The van der Waals surface area contributed by atoms with Crippen molar-refractivity contribution in [1.82, 2.24) is 19.8 Å². The summed E-state index contributed by atoms with van der Waals surface area (Å²) in [4.78, 5) is 26.2. The smallest absolute Gasteiger partial charge is 0.259 e. The van der Waals surface area contributed by atoms with E-state index in [1.165, 1.54) is 5.56 Å². The van der Waals surface area contributed by atoms with Crippen LogP contribution >= 0.6 is 0 Å². The van der Waals surface area contributed by atoms with Gasteiger partial charge in [-0.1, -0.05) is 49.2 Å². The molecule has 1 aliphatic heterocycles. The predicted molar refractivity (Wildman–Crippen MR) is 138 cm³/mol. The zero-order valence-electron chi connectivity index (χ0n) is 21.0. The molecule has 7 heteroatoms. The molecule has 1 amide bonds. The van der Waals surface area contributed by atoms with Gasteiger partial charge in [0.1, 0.15) is 17.4 Å². The Bertz CT molecular complexity index is 1220. The summed E-state index contributed by atoms with van der Waals surface area (Å²) in [5.41, 5.74) is 2.81. The predicted octanol–water partition coefficient (Wildman–Crippen LogP) is 3.23. The number of aliphatic hydroxyl groups excluding tert-OH is 1. The average Bonchev–Trinajstić information content (AvgIpc) is 2.90. The Labute approximate surface area is 212 Å². The number of hydrogen-bond acceptors (Lipinski definition) is 6. The summed E-state index contributed by atoms with van der Waals surface area (Å²) in [5.74, 6) is 6.16. The molecule has 3 atom stereocenters. The van der Waals surface area contributed by atoms with E-state index in [2.05, 4.69) is 52.8 Å². The molecule has 4 rings (SSSR count). The Hall–Kier alpha value is -3.73. The van der Waals surface area contributed by atoms with Crippen LogP contribution in [0.25, 0.3) is 0 Å². The number of likely N-dealkylation sites (N-methyl/N-ethyl adjacent to an activating group) is 1. The van der Waals surface area contributed by atoms with Crippen LogP contribution in [-0.4, -0.2) is 69.7 Å². The summed E-state index contributed by atoms with van der Waals surface area (Å²) in [7, 11) is 2.06. The number of rotatable bonds is 6. The number of benzene rings is 1. The minimum atomic E-state index is -0.336. The molecule has 3 heterocycles. The lowest BCUT2D eigenvalue weighted by atomic mass is 9.99. The number of ether oxygens (including phenoxy) is 1. The molecule has 7 nitrogen and oxygen atoms in total. The minimum absolute atomic E-state index is 0.0275. The molecule has 0 saturated carbocycles. The van der Waals surface area contributed by atoms with E-state index in [1.807, 2.05) is 43.3 Å². The zero-order chi connectivity index (χ0) is 25.5. The largest absolute Gasteiger partial charge is 0.472 e. The summed E-state index contributed by atoms with van der Waals surface area (Å²) in [6, 6.07) is 17.2. The molecule has 0 fully saturated rings. The Kier molecular flexibility index (Phi) is 8.32. The zero-order valence-corrected chi connectivity index (χ0v) is 21.0. The van der Waals surface area contributed by atoms with Crippen LogP contribution < -0.4 is 4.74 Å². The van der Waals surface area contributed by atoms with Gasteiger partial charge in [-0.15, -0.1) is 0 Å². The van der Waals surface area contributed by atoms with Crippen LogP contribution in [0, 0.1) is 17.8 Å². The highest BCUT2D eigenvalue weighted by Gasteiger charge is 2.34. The molecule has 186 valence electrons. The maximum absolute atomic E-state index is 13.6. The molecule has 0 radical (unpaired) electrons. The number of carbonyl (C=O) groups is 1. The second-order valence-corrected chi connectivity index (χ2v) is 9.35. The fraction of sp³-hybridized carbons (Fsp3) is 0.345. The van der Waals surface area contributed by atoms with E-state index in [9.17, 15) is 9.90 Å². The van der Waals surface area contributed by atoms with Crippen LogP contribution in [0.15, 0.2) is 67.0 Å². The van der Waals surface area contributed by atoms with E-state index in [-0.39, 0.29) is 30.6 Å². The van der Waals surface area contributed by atoms with Crippen LogP contribution in [0.3, 0.4) is 0 Å². The number of hydrogen-bond donors (Lipinski definition) is 1.